The summed E-state index contributed by atoms with van der Waals surface area (Å²) in [7, 11) is 1.94. The first kappa shape index (κ1) is 16.2. The maximum atomic E-state index is 4.76. The van der Waals surface area contributed by atoms with Gasteiger partial charge in [-0.15, -0.1) is 0 Å². The number of benzene rings is 1. The molecule has 0 saturated carbocycles. The standard InChI is InChI=1S/C20H23N7/c1-13-18-19(26(2)25-13)21-12-22-20(18)27-9-5-6-14(11-27)10-17-23-15-7-3-4-8-16(15)24-17/h3-4,7-8,12,14H,5-6,9-11H2,1-2H3,(H,23,24). The molecule has 4 heterocycles. The normalized spacial score (nSPS) is 17.9. The smallest absolute Gasteiger partial charge is 0.163 e. The molecule has 1 aliphatic rings. The molecule has 1 aliphatic heterocycles. The zero-order valence-electron chi connectivity index (χ0n) is 15.7. The molecule has 1 unspecified atom stereocenters. The summed E-state index contributed by atoms with van der Waals surface area (Å²) in [6.45, 7) is 4.04. The first-order chi connectivity index (χ1) is 13.2. The molecule has 1 fully saturated rings. The summed E-state index contributed by atoms with van der Waals surface area (Å²) in [5.74, 6) is 2.65. The molecule has 0 radical (unpaired) electrons. The Morgan fingerprint density at radius 2 is 2.11 bits per heavy atom. The van der Waals surface area contributed by atoms with Crippen LogP contribution in [0.3, 0.4) is 0 Å². The van der Waals surface area contributed by atoms with Crippen molar-refractivity contribution < 1.29 is 0 Å². The monoisotopic (exact) mass is 361 g/mol. The van der Waals surface area contributed by atoms with E-state index in [1.807, 2.05) is 30.8 Å². The van der Waals surface area contributed by atoms with E-state index in [0.29, 0.717) is 5.92 Å². The number of aryl methyl sites for hydroxylation is 2. The molecule has 0 spiro atoms. The number of aromatic nitrogens is 6. The van der Waals surface area contributed by atoms with Gasteiger partial charge < -0.3 is 9.88 Å². The van der Waals surface area contributed by atoms with Gasteiger partial charge in [0.2, 0.25) is 0 Å². The van der Waals surface area contributed by atoms with Crippen molar-refractivity contribution in [3.8, 4) is 0 Å². The Morgan fingerprint density at radius 1 is 1.22 bits per heavy atom. The Morgan fingerprint density at radius 3 is 3.00 bits per heavy atom. The van der Waals surface area contributed by atoms with Crippen LogP contribution in [0.15, 0.2) is 30.6 Å². The van der Waals surface area contributed by atoms with Crippen LogP contribution in [0, 0.1) is 12.8 Å². The van der Waals surface area contributed by atoms with E-state index in [9.17, 15) is 0 Å². The van der Waals surface area contributed by atoms with Gasteiger partial charge in [-0.25, -0.2) is 15.0 Å². The van der Waals surface area contributed by atoms with Gasteiger partial charge in [0, 0.05) is 26.6 Å². The van der Waals surface area contributed by atoms with Gasteiger partial charge in [0.25, 0.3) is 0 Å². The van der Waals surface area contributed by atoms with Crippen molar-refractivity contribution in [2.24, 2.45) is 13.0 Å². The lowest BCUT2D eigenvalue weighted by Gasteiger charge is -2.33. The number of aromatic amines is 1. The molecule has 4 aromatic rings. The second-order valence-corrected chi connectivity index (χ2v) is 7.46. The van der Waals surface area contributed by atoms with Crippen LogP contribution in [0.5, 0.6) is 0 Å². The van der Waals surface area contributed by atoms with Crippen molar-refractivity contribution in [1.82, 2.24) is 29.7 Å². The molecule has 138 valence electrons. The van der Waals surface area contributed by atoms with Gasteiger partial charge >= 0.3 is 0 Å². The van der Waals surface area contributed by atoms with Gasteiger partial charge in [0.05, 0.1) is 22.1 Å². The Kier molecular flexibility index (Phi) is 3.81. The Hall–Kier alpha value is -2.96. The second kappa shape index (κ2) is 6.33. The van der Waals surface area contributed by atoms with Crippen molar-refractivity contribution >= 4 is 27.9 Å². The van der Waals surface area contributed by atoms with Crippen LogP contribution in [-0.2, 0) is 13.5 Å². The number of rotatable bonds is 3. The first-order valence-corrected chi connectivity index (χ1v) is 9.52. The molecule has 7 nitrogen and oxygen atoms in total. The van der Waals surface area contributed by atoms with Crippen molar-refractivity contribution in [3.63, 3.8) is 0 Å². The number of hydrogen-bond donors (Lipinski definition) is 1. The summed E-state index contributed by atoms with van der Waals surface area (Å²) in [4.78, 5) is 19.7. The number of hydrogen-bond acceptors (Lipinski definition) is 5. The molecular formula is C20H23N7. The van der Waals surface area contributed by atoms with Crippen LogP contribution in [-0.4, -0.2) is 42.8 Å². The summed E-state index contributed by atoms with van der Waals surface area (Å²) >= 11 is 0. The third kappa shape index (κ3) is 2.83. The molecule has 27 heavy (non-hydrogen) atoms. The van der Waals surface area contributed by atoms with E-state index in [1.165, 1.54) is 6.42 Å². The van der Waals surface area contributed by atoms with Gasteiger partial charge in [0.15, 0.2) is 5.65 Å². The van der Waals surface area contributed by atoms with E-state index in [0.717, 1.165) is 65.3 Å². The Labute approximate surface area is 157 Å². The third-order valence-electron chi connectivity index (χ3n) is 5.51. The lowest BCUT2D eigenvalue weighted by molar-refractivity contribution is 0.406. The number of piperidine rings is 1. The predicted octanol–water partition coefficient (Wildman–Crippen LogP) is 3.01. The zero-order valence-corrected chi connectivity index (χ0v) is 15.7. The zero-order chi connectivity index (χ0) is 18.4. The number of H-pyrrole nitrogens is 1. The average molecular weight is 361 g/mol. The molecule has 7 heteroatoms. The average Bonchev–Trinajstić information content (AvgIpc) is 3.22. The molecule has 1 aromatic carbocycles. The molecule has 1 atom stereocenters. The number of fused-ring (bicyclic) bond motifs is 2. The van der Waals surface area contributed by atoms with Crippen molar-refractivity contribution in [3.05, 3.63) is 42.1 Å². The Bertz CT molecular complexity index is 1080. The number of nitrogens with zero attached hydrogens (tertiary/aromatic N) is 6. The first-order valence-electron chi connectivity index (χ1n) is 9.52. The number of anilines is 1. The van der Waals surface area contributed by atoms with Crippen LogP contribution in [0.1, 0.15) is 24.4 Å². The van der Waals surface area contributed by atoms with E-state index in [4.69, 9.17) is 4.98 Å². The fraction of sp³-hybridized carbons (Fsp3) is 0.400. The summed E-state index contributed by atoms with van der Waals surface area (Å²) < 4.78 is 1.84. The molecule has 1 N–H and O–H groups in total. The lowest BCUT2D eigenvalue weighted by atomic mass is 9.94. The number of para-hydroxylation sites is 2. The molecule has 3 aromatic heterocycles. The SMILES string of the molecule is Cc1nn(C)c2ncnc(N3CCCC(Cc4nc5ccccc5[nH]4)C3)c12. The van der Waals surface area contributed by atoms with Crippen molar-refractivity contribution in [2.45, 2.75) is 26.2 Å². The minimum Gasteiger partial charge on any atom is -0.356 e. The van der Waals surface area contributed by atoms with Crippen LogP contribution in [0.25, 0.3) is 22.1 Å². The highest BCUT2D eigenvalue weighted by molar-refractivity contribution is 5.89. The molecule has 1 saturated heterocycles. The molecule has 0 bridgehead atoms. The lowest BCUT2D eigenvalue weighted by Crippen LogP contribution is -2.37. The quantitative estimate of drug-likeness (QED) is 0.607. The molecule has 5 rings (SSSR count). The minimum absolute atomic E-state index is 0.557. The fourth-order valence-corrected chi connectivity index (χ4v) is 4.30. The number of nitrogens with one attached hydrogen (secondary N) is 1. The van der Waals surface area contributed by atoms with E-state index >= 15 is 0 Å². The topological polar surface area (TPSA) is 75.5 Å². The maximum absolute atomic E-state index is 4.76. The van der Waals surface area contributed by atoms with Crippen LogP contribution in [0.2, 0.25) is 0 Å². The Balaban J connectivity index is 1.41. The minimum atomic E-state index is 0.557. The van der Waals surface area contributed by atoms with Crippen LogP contribution >= 0.6 is 0 Å². The van der Waals surface area contributed by atoms with E-state index in [2.05, 4.69) is 37.1 Å². The highest BCUT2D eigenvalue weighted by Gasteiger charge is 2.25. The fourth-order valence-electron chi connectivity index (χ4n) is 4.30. The number of imidazole rings is 1. The summed E-state index contributed by atoms with van der Waals surface area (Å²) in [6.07, 6.45) is 5.00. The summed E-state index contributed by atoms with van der Waals surface area (Å²) in [5, 5.41) is 5.60. The largest absolute Gasteiger partial charge is 0.356 e. The van der Waals surface area contributed by atoms with E-state index in [1.54, 1.807) is 6.33 Å². The third-order valence-corrected chi connectivity index (χ3v) is 5.51. The van der Waals surface area contributed by atoms with Crippen LogP contribution in [0.4, 0.5) is 5.82 Å². The van der Waals surface area contributed by atoms with Gasteiger partial charge in [-0.1, -0.05) is 12.1 Å². The molecule has 0 amide bonds. The summed E-state index contributed by atoms with van der Waals surface area (Å²) in [5.41, 5.74) is 4.05. The maximum Gasteiger partial charge on any atom is 0.163 e. The van der Waals surface area contributed by atoms with Gasteiger partial charge in [-0.05, 0) is 37.8 Å². The highest BCUT2D eigenvalue weighted by atomic mass is 15.3. The molecule has 0 aliphatic carbocycles. The van der Waals surface area contributed by atoms with Gasteiger partial charge in [-0.3, -0.25) is 4.68 Å². The van der Waals surface area contributed by atoms with E-state index < -0.39 is 0 Å². The highest BCUT2D eigenvalue weighted by Crippen LogP contribution is 2.30. The van der Waals surface area contributed by atoms with E-state index in [-0.39, 0.29) is 0 Å². The van der Waals surface area contributed by atoms with Crippen molar-refractivity contribution in [2.75, 3.05) is 18.0 Å². The van der Waals surface area contributed by atoms with Crippen molar-refractivity contribution in [1.29, 1.82) is 0 Å². The van der Waals surface area contributed by atoms with Crippen LogP contribution < -0.4 is 4.90 Å². The molecular weight excluding hydrogens is 338 g/mol. The summed E-state index contributed by atoms with van der Waals surface area (Å²) in [6, 6.07) is 8.22. The predicted molar refractivity (Wildman–Crippen MR) is 106 cm³/mol. The van der Waals surface area contributed by atoms with Gasteiger partial charge in [0.1, 0.15) is 18.0 Å². The van der Waals surface area contributed by atoms with Gasteiger partial charge in [-0.2, -0.15) is 5.10 Å². The second-order valence-electron chi connectivity index (χ2n) is 7.46.